The van der Waals surface area contributed by atoms with Gasteiger partial charge in [0.05, 0.1) is 11.3 Å². The highest BCUT2D eigenvalue weighted by molar-refractivity contribution is 7.89. The smallest absolute Gasteiger partial charge is 0.242 e. The second-order valence-electron chi connectivity index (χ2n) is 4.47. The van der Waals surface area contributed by atoms with Crippen LogP contribution in [-0.2, 0) is 14.8 Å². The molecule has 0 fully saturated rings. The first kappa shape index (κ1) is 15.2. The average molecular weight is 293 g/mol. The Morgan fingerprint density at radius 2 is 2.06 bits per heavy atom. The maximum absolute atomic E-state index is 12.0. The lowest BCUT2D eigenvalue weighted by atomic mass is 10.1. The van der Waals surface area contributed by atoms with Gasteiger partial charge in [-0.05, 0) is 32.0 Å². The second-order valence-corrected chi connectivity index (χ2v) is 6.64. The zero-order valence-electron chi connectivity index (χ0n) is 10.5. The van der Waals surface area contributed by atoms with Gasteiger partial charge >= 0.3 is 0 Å². The zero-order valence-corrected chi connectivity index (χ0v) is 12.1. The van der Waals surface area contributed by atoms with Crippen LogP contribution >= 0.6 is 11.6 Å². The minimum atomic E-state index is -3.66. The lowest BCUT2D eigenvalue weighted by Gasteiger charge is -2.23. The Hall–Kier alpha value is -0.820. The summed E-state index contributed by atoms with van der Waals surface area (Å²) in [5, 5.41) is 0.392. The van der Waals surface area contributed by atoms with Gasteiger partial charge in [-0.15, -0.1) is 0 Å². The maximum Gasteiger partial charge on any atom is 0.242 e. The van der Waals surface area contributed by atoms with Crippen molar-refractivity contribution in [2.24, 2.45) is 0 Å². The molecule has 0 unspecified atom stereocenters. The molecule has 0 bridgehead atoms. The van der Waals surface area contributed by atoms with Crippen LogP contribution in [0.5, 0.6) is 0 Å². The molecule has 0 aliphatic carbocycles. The van der Waals surface area contributed by atoms with Crippen LogP contribution in [0.4, 0.5) is 5.69 Å². The summed E-state index contributed by atoms with van der Waals surface area (Å²) < 4.78 is 31.7. The predicted molar refractivity (Wildman–Crippen MR) is 72.1 cm³/mol. The van der Waals surface area contributed by atoms with Crippen molar-refractivity contribution in [1.29, 1.82) is 0 Å². The Balaban J connectivity index is 2.94. The van der Waals surface area contributed by atoms with Crippen molar-refractivity contribution in [3.8, 4) is 0 Å². The Bertz CT molecular complexity index is 529. The summed E-state index contributed by atoms with van der Waals surface area (Å²) in [6, 6.07) is 4.26. The third kappa shape index (κ3) is 3.84. The van der Waals surface area contributed by atoms with Crippen LogP contribution in [0.1, 0.15) is 13.8 Å². The largest absolute Gasteiger partial charge is 0.398 e. The Labute approximate surface area is 112 Å². The molecule has 1 aromatic rings. The van der Waals surface area contributed by atoms with Gasteiger partial charge in [-0.3, -0.25) is 0 Å². The first-order valence-corrected chi connectivity index (χ1v) is 7.14. The topological polar surface area (TPSA) is 81.4 Å². The van der Waals surface area contributed by atoms with E-state index in [2.05, 4.69) is 4.72 Å². The normalized spacial score (nSPS) is 12.7. The van der Waals surface area contributed by atoms with E-state index in [9.17, 15) is 8.42 Å². The van der Waals surface area contributed by atoms with Crippen LogP contribution in [0.25, 0.3) is 0 Å². The van der Waals surface area contributed by atoms with Crippen LogP contribution < -0.4 is 10.5 Å². The summed E-state index contributed by atoms with van der Waals surface area (Å²) in [5.41, 5.74) is 5.17. The van der Waals surface area contributed by atoms with Crippen molar-refractivity contribution in [1.82, 2.24) is 4.72 Å². The zero-order chi connectivity index (χ0) is 14.0. The monoisotopic (exact) mass is 292 g/mol. The fourth-order valence-electron chi connectivity index (χ4n) is 1.18. The molecule has 0 spiro atoms. The molecule has 0 aliphatic heterocycles. The fourth-order valence-corrected chi connectivity index (χ4v) is 2.67. The van der Waals surface area contributed by atoms with Crippen LogP contribution in [0.3, 0.4) is 0 Å². The van der Waals surface area contributed by atoms with E-state index >= 15 is 0 Å². The van der Waals surface area contributed by atoms with Crippen LogP contribution in [-0.4, -0.2) is 27.7 Å². The van der Waals surface area contributed by atoms with Crippen molar-refractivity contribution in [3.63, 3.8) is 0 Å². The first-order chi connectivity index (χ1) is 8.18. The lowest BCUT2D eigenvalue weighted by Crippen LogP contribution is -2.39. The maximum atomic E-state index is 12.0. The van der Waals surface area contributed by atoms with Crippen LogP contribution in [0.2, 0.25) is 5.02 Å². The van der Waals surface area contributed by atoms with Crippen LogP contribution in [0, 0.1) is 0 Å². The first-order valence-electron chi connectivity index (χ1n) is 5.28. The fraction of sp³-hybridized carbons (Fsp3) is 0.455. The second kappa shape index (κ2) is 5.44. The highest BCUT2D eigenvalue weighted by Gasteiger charge is 2.23. The molecule has 1 aromatic carbocycles. The van der Waals surface area contributed by atoms with Gasteiger partial charge in [0.25, 0.3) is 0 Å². The summed E-state index contributed by atoms with van der Waals surface area (Å²) in [4.78, 5) is 0.0128. The van der Waals surface area contributed by atoms with Crippen molar-refractivity contribution >= 4 is 27.3 Å². The number of nitrogen functional groups attached to an aromatic ring is 1. The molecule has 7 heteroatoms. The number of hydrogen-bond acceptors (Lipinski definition) is 4. The number of methoxy groups -OCH3 is 1. The van der Waals surface area contributed by atoms with Gasteiger partial charge in [0.15, 0.2) is 0 Å². The Kier molecular flexibility index (Phi) is 4.61. The number of nitrogens with one attached hydrogen (secondary N) is 1. The standard InChI is InChI=1S/C11H17ClN2O3S/c1-11(2,17-3)7-14-18(15,16)10-5-4-8(12)6-9(10)13/h4-6,14H,7,13H2,1-3H3. The van der Waals surface area contributed by atoms with Crippen molar-refractivity contribution in [2.45, 2.75) is 24.3 Å². The quantitative estimate of drug-likeness (QED) is 0.808. The molecule has 5 nitrogen and oxygen atoms in total. The molecule has 0 radical (unpaired) electrons. The summed E-state index contributed by atoms with van der Waals surface area (Å²) in [7, 11) is -2.15. The molecule has 0 aromatic heterocycles. The highest BCUT2D eigenvalue weighted by Crippen LogP contribution is 2.22. The van der Waals surface area contributed by atoms with Gasteiger partial charge in [0.1, 0.15) is 4.90 Å². The van der Waals surface area contributed by atoms with E-state index in [0.717, 1.165) is 0 Å². The Morgan fingerprint density at radius 3 is 2.56 bits per heavy atom. The number of ether oxygens (including phenoxy) is 1. The molecule has 18 heavy (non-hydrogen) atoms. The van der Waals surface area contributed by atoms with E-state index in [1.165, 1.54) is 25.3 Å². The number of halogens is 1. The number of sulfonamides is 1. The number of anilines is 1. The van der Waals surface area contributed by atoms with E-state index in [1.54, 1.807) is 13.8 Å². The third-order valence-corrected chi connectivity index (χ3v) is 4.21. The number of nitrogens with two attached hydrogens (primary N) is 1. The molecular formula is C11H17ClN2O3S. The lowest BCUT2D eigenvalue weighted by molar-refractivity contribution is 0.0276. The van der Waals surface area contributed by atoms with Crippen LogP contribution in [0.15, 0.2) is 23.1 Å². The molecule has 0 heterocycles. The molecule has 0 saturated carbocycles. The molecule has 0 saturated heterocycles. The summed E-state index contributed by atoms with van der Waals surface area (Å²) in [5.74, 6) is 0. The van der Waals surface area contributed by atoms with E-state index in [4.69, 9.17) is 22.1 Å². The van der Waals surface area contributed by atoms with Crippen molar-refractivity contribution < 1.29 is 13.2 Å². The molecule has 0 atom stereocenters. The number of rotatable bonds is 5. The van der Waals surface area contributed by atoms with Gasteiger partial charge in [0, 0.05) is 18.7 Å². The van der Waals surface area contributed by atoms with Crippen molar-refractivity contribution in [3.05, 3.63) is 23.2 Å². The molecule has 0 amide bonds. The summed E-state index contributed by atoms with van der Waals surface area (Å²) in [6.07, 6.45) is 0. The highest BCUT2D eigenvalue weighted by atomic mass is 35.5. The minimum absolute atomic E-state index is 0.0128. The van der Waals surface area contributed by atoms with E-state index < -0.39 is 15.6 Å². The Morgan fingerprint density at radius 1 is 1.44 bits per heavy atom. The van der Waals surface area contributed by atoms with E-state index in [1.807, 2.05) is 0 Å². The van der Waals surface area contributed by atoms with Gasteiger partial charge in [-0.1, -0.05) is 11.6 Å². The SMILES string of the molecule is COC(C)(C)CNS(=O)(=O)c1ccc(Cl)cc1N. The van der Waals surface area contributed by atoms with E-state index in [-0.39, 0.29) is 17.1 Å². The molecule has 102 valence electrons. The molecule has 1 rings (SSSR count). The van der Waals surface area contributed by atoms with Gasteiger partial charge < -0.3 is 10.5 Å². The van der Waals surface area contributed by atoms with Gasteiger partial charge in [-0.25, -0.2) is 13.1 Å². The average Bonchev–Trinajstić information content (AvgIpc) is 2.26. The number of benzene rings is 1. The van der Waals surface area contributed by atoms with Crippen molar-refractivity contribution in [2.75, 3.05) is 19.4 Å². The molecule has 0 aliphatic rings. The molecule has 3 N–H and O–H groups in total. The predicted octanol–water partition coefficient (Wildman–Crippen LogP) is 1.63. The van der Waals surface area contributed by atoms with Gasteiger partial charge in [-0.2, -0.15) is 0 Å². The third-order valence-electron chi connectivity index (χ3n) is 2.50. The minimum Gasteiger partial charge on any atom is -0.398 e. The molecular weight excluding hydrogens is 276 g/mol. The number of hydrogen-bond donors (Lipinski definition) is 2. The summed E-state index contributed by atoms with van der Waals surface area (Å²) in [6.45, 7) is 3.70. The van der Waals surface area contributed by atoms with E-state index in [0.29, 0.717) is 5.02 Å². The summed E-state index contributed by atoms with van der Waals surface area (Å²) >= 11 is 5.72. The van der Waals surface area contributed by atoms with Gasteiger partial charge in [0.2, 0.25) is 10.0 Å².